The third-order valence-corrected chi connectivity index (χ3v) is 4.07. The van der Waals surface area contributed by atoms with Gasteiger partial charge in [0.1, 0.15) is 0 Å². The van der Waals surface area contributed by atoms with Gasteiger partial charge in [0.05, 0.1) is 6.10 Å². The van der Waals surface area contributed by atoms with Crippen LogP contribution in [0.25, 0.3) is 0 Å². The zero-order valence-electron chi connectivity index (χ0n) is 11.6. The predicted octanol–water partition coefficient (Wildman–Crippen LogP) is 1.87. The molecule has 1 N–H and O–H groups in total. The van der Waals surface area contributed by atoms with E-state index < -0.39 is 0 Å². The summed E-state index contributed by atoms with van der Waals surface area (Å²) in [6.07, 6.45) is 4.21. The molecule has 0 aliphatic carbocycles. The van der Waals surface area contributed by atoms with Gasteiger partial charge in [-0.05, 0) is 45.2 Å². The molecule has 2 aliphatic heterocycles. The van der Waals surface area contributed by atoms with E-state index in [1.807, 2.05) is 0 Å². The van der Waals surface area contributed by atoms with Crippen LogP contribution >= 0.6 is 0 Å². The van der Waals surface area contributed by atoms with Crippen LogP contribution in [0.3, 0.4) is 0 Å². The second-order valence-electron chi connectivity index (χ2n) is 6.06. The second-order valence-corrected chi connectivity index (χ2v) is 6.06. The van der Waals surface area contributed by atoms with Crippen molar-refractivity contribution in [2.45, 2.75) is 58.2 Å². The van der Waals surface area contributed by atoms with Crippen molar-refractivity contribution in [1.29, 1.82) is 0 Å². The number of rotatable bonds is 3. The molecule has 0 saturated carbocycles. The summed E-state index contributed by atoms with van der Waals surface area (Å²) in [6.45, 7) is 11.4. The lowest BCUT2D eigenvalue weighted by atomic mass is 10.0. The lowest BCUT2D eigenvalue weighted by Gasteiger charge is -2.32. The molecule has 2 rings (SSSR count). The van der Waals surface area contributed by atoms with E-state index in [0.29, 0.717) is 18.2 Å². The molecule has 100 valence electrons. The Kier molecular flexibility index (Phi) is 4.83. The average molecular weight is 240 g/mol. The average Bonchev–Trinajstić information content (AvgIpc) is 2.55. The molecule has 2 aliphatic rings. The zero-order chi connectivity index (χ0) is 12.3. The number of hydrogen-bond acceptors (Lipinski definition) is 3. The molecule has 0 bridgehead atoms. The Bertz CT molecular complexity index is 232. The van der Waals surface area contributed by atoms with Gasteiger partial charge >= 0.3 is 0 Å². The van der Waals surface area contributed by atoms with Crippen LogP contribution < -0.4 is 5.32 Å². The molecular weight excluding hydrogens is 212 g/mol. The Morgan fingerprint density at radius 1 is 1.41 bits per heavy atom. The number of nitrogens with one attached hydrogen (secondary N) is 1. The first-order valence-electron chi connectivity index (χ1n) is 7.26. The van der Waals surface area contributed by atoms with Crippen LogP contribution in [0, 0.1) is 5.92 Å². The van der Waals surface area contributed by atoms with Crippen molar-refractivity contribution in [2.75, 3.05) is 26.2 Å². The summed E-state index contributed by atoms with van der Waals surface area (Å²) in [5, 5.41) is 3.70. The summed E-state index contributed by atoms with van der Waals surface area (Å²) in [5.74, 6) is 0.782. The Balaban J connectivity index is 1.92. The molecule has 3 atom stereocenters. The normalized spacial score (nSPS) is 36.4. The molecule has 3 unspecified atom stereocenters. The lowest BCUT2D eigenvalue weighted by Crippen LogP contribution is -2.45. The van der Waals surface area contributed by atoms with Crippen molar-refractivity contribution < 1.29 is 4.74 Å². The monoisotopic (exact) mass is 240 g/mol. The van der Waals surface area contributed by atoms with Gasteiger partial charge in [-0.25, -0.2) is 0 Å². The smallest absolute Gasteiger partial charge is 0.0703 e. The van der Waals surface area contributed by atoms with Crippen molar-refractivity contribution in [2.24, 2.45) is 5.92 Å². The molecule has 0 spiro atoms. The SMILES string of the molecule is CC(C)CC1CN(C2CCOC2C)CCCN1. The fraction of sp³-hybridized carbons (Fsp3) is 1.00. The third-order valence-electron chi connectivity index (χ3n) is 4.07. The summed E-state index contributed by atoms with van der Waals surface area (Å²) >= 11 is 0. The van der Waals surface area contributed by atoms with Crippen molar-refractivity contribution in [3.05, 3.63) is 0 Å². The van der Waals surface area contributed by atoms with E-state index in [4.69, 9.17) is 4.74 Å². The predicted molar refractivity (Wildman–Crippen MR) is 71.3 cm³/mol. The van der Waals surface area contributed by atoms with Crippen LogP contribution in [0.5, 0.6) is 0 Å². The highest BCUT2D eigenvalue weighted by Crippen LogP contribution is 2.22. The molecule has 3 heteroatoms. The maximum Gasteiger partial charge on any atom is 0.0703 e. The molecular formula is C14H28N2O. The first kappa shape index (κ1) is 13.3. The molecule has 0 aromatic carbocycles. The van der Waals surface area contributed by atoms with Crippen molar-refractivity contribution in [1.82, 2.24) is 10.2 Å². The van der Waals surface area contributed by atoms with Gasteiger partial charge in [-0.1, -0.05) is 13.8 Å². The zero-order valence-corrected chi connectivity index (χ0v) is 11.6. The molecule has 2 heterocycles. The van der Waals surface area contributed by atoms with E-state index >= 15 is 0 Å². The molecule has 2 saturated heterocycles. The Hall–Kier alpha value is -0.120. The van der Waals surface area contributed by atoms with Crippen LogP contribution in [0.15, 0.2) is 0 Å². The standard InChI is InChI=1S/C14H28N2O/c1-11(2)9-13-10-16(7-4-6-15-13)14-5-8-17-12(14)3/h11-15H,4-10H2,1-3H3. The van der Waals surface area contributed by atoms with E-state index in [2.05, 4.69) is 31.0 Å². The van der Waals surface area contributed by atoms with Crippen LogP contribution in [-0.4, -0.2) is 49.3 Å². The summed E-state index contributed by atoms with van der Waals surface area (Å²) in [7, 11) is 0. The minimum Gasteiger partial charge on any atom is -0.377 e. The minimum atomic E-state index is 0.424. The Labute approximate surface area is 106 Å². The van der Waals surface area contributed by atoms with Crippen LogP contribution in [0.2, 0.25) is 0 Å². The summed E-state index contributed by atoms with van der Waals surface area (Å²) in [6, 6.07) is 1.33. The summed E-state index contributed by atoms with van der Waals surface area (Å²) < 4.78 is 5.71. The number of hydrogen-bond donors (Lipinski definition) is 1. The molecule has 0 aromatic rings. The van der Waals surface area contributed by atoms with Gasteiger partial charge in [0, 0.05) is 25.2 Å². The van der Waals surface area contributed by atoms with Crippen LogP contribution in [0.4, 0.5) is 0 Å². The van der Waals surface area contributed by atoms with E-state index in [1.54, 1.807) is 0 Å². The second kappa shape index (κ2) is 6.17. The summed E-state index contributed by atoms with van der Waals surface area (Å²) in [5.41, 5.74) is 0. The van der Waals surface area contributed by atoms with E-state index in [1.165, 1.54) is 38.9 Å². The highest BCUT2D eigenvalue weighted by atomic mass is 16.5. The Morgan fingerprint density at radius 2 is 2.24 bits per heavy atom. The molecule has 0 radical (unpaired) electrons. The third kappa shape index (κ3) is 3.67. The minimum absolute atomic E-state index is 0.424. The van der Waals surface area contributed by atoms with Gasteiger partial charge in [0.25, 0.3) is 0 Å². The topological polar surface area (TPSA) is 24.5 Å². The van der Waals surface area contributed by atoms with E-state index in [9.17, 15) is 0 Å². The molecule has 17 heavy (non-hydrogen) atoms. The van der Waals surface area contributed by atoms with Gasteiger partial charge < -0.3 is 10.1 Å². The maximum atomic E-state index is 5.71. The highest BCUT2D eigenvalue weighted by molar-refractivity contribution is 4.87. The first-order valence-corrected chi connectivity index (χ1v) is 7.26. The molecule has 0 aromatic heterocycles. The number of ether oxygens (including phenoxy) is 1. The maximum absolute atomic E-state index is 5.71. The van der Waals surface area contributed by atoms with Crippen molar-refractivity contribution >= 4 is 0 Å². The largest absolute Gasteiger partial charge is 0.377 e. The molecule has 2 fully saturated rings. The lowest BCUT2D eigenvalue weighted by molar-refractivity contribution is 0.0724. The van der Waals surface area contributed by atoms with Crippen molar-refractivity contribution in [3.63, 3.8) is 0 Å². The molecule has 0 amide bonds. The van der Waals surface area contributed by atoms with E-state index in [0.717, 1.165) is 12.5 Å². The van der Waals surface area contributed by atoms with E-state index in [-0.39, 0.29) is 0 Å². The van der Waals surface area contributed by atoms with Crippen LogP contribution in [0.1, 0.15) is 40.0 Å². The van der Waals surface area contributed by atoms with Gasteiger partial charge in [-0.15, -0.1) is 0 Å². The van der Waals surface area contributed by atoms with Gasteiger partial charge in [-0.3, -0.25) is 4.90 Å². The molecule has 3 nitrogen and oxygen atoms in total. The first-order chi connectivity index (χ1) is 8.16. The summed E-state index contributed by atoms with van der Waals surface area (Å²) in [4.78, 5) is 2.67. The van der Waals surface area contributed by atoms with Gasteiger partial charge in [0.2, 0.25) is 0 Å². The highest BCUT2D eigenvalue weighted by Gasteiger charge is 2.32. The quantitative estimate of drug-likeness (QED) is 0.815. The fourth-order valence-electron chi connectivity index (χ4n) is 3.26. The van der Waals surface area contributed by atoms with Crippen LogP contribution in [-0.2, 0) is 4.74 Å². The van der Waals surface area contributed by atoms with Gasteiger partial charge in [-0.2, -0.15) is 0 Å². The Morgan fingerprint density at radius 3 is 2.88 bits per heavy atom. The fourth-order valence-corrected chi connectivity index (χ4v) is 3.26. The number of nitrogens with zero attached hydrogens (tertiary/aromatic N) is 1. The van der Waals surface area contributed by atoms with Crippen molar-refractivity contribution in [3.8, 4) is 0 Å². The van der Waals surface area contributed by atoms with Gasteiger partial charge in [0.15, 0.2) is 0 Å².